The van der Waals surface area contributed by atoms with E-state index < -0.39 is 0 Å². The van der Waals surface area contributed by atoms with Gasteiger partial charge in [-0.15, -0.1) is 0 Å². The van der Waals surface area contributed by atoms with Gasteiger partial charge in [0.1, 0.15) is 0 Å². The second-order valence-electron chi connectivity index (χ2n) is 15.7. The number of rotatable bonds is 4. The van der Waals surface area contributed by atoms with Crippen LogP contribution in [0.15, 0.2) is 194 Å². The molecule has 10 aromatic carbocycles. The van der Waals surface area contributed by atoms with Crippen LogP contribution in [0, 0.1) is 0 Å². The summed E-state index contributed by atoms with van der Waals surface area (Å²) in [5, 5.41) is 10.2. The topological polar surface area (TPSA) is 0 Å². The van der Waals surface area contributed by atoms with Crippen molar-refractivity contribution in [3.63, 3.8) is 0 Å². The molecule has 0 saturated heterocycles. The van der Waals surface area contributed by atoms with Crippen molar-refractivity contribution in [2.45, 2.75) is 19.3 Å². The standard InChI is InChI=1S/C55H38/c1-55(2)51-34-42-15-6-5-14-41(42)33-50(51)49-21-11-20-44(54(49)55)37-25-29-39(30-26-37)53-47-18-9-7-16-45(47)52(46-17-8-10-19-48(46)53)38-27-22-36(23-28-38)43-31-24-35-12-3-4-13-40(35)32-43/h3-34H,1-2H3. The Kier molecular flexibility index (Phi) is 7.00. The van der Waals surface area contributed by atoms with E-state index in [-0.39, 0.29) is 5.41 Å². The molecule has 0 heteroatoms. The van der Waals surface area contributed by atoms with Gasteiger partial charge in [-0.05, 0) is 128 Å². The summed E-state index contributed by atoms with van der Waals surface area (Å²) in [5.74, 6) is 0. The SMILES string of the molecule is CC1(C)c2cc3ccccc3cc2-c2cccc(-c3ccc(-c4c5ccccc5c(-c5ccc(-c6ccc7ccccc7c6)cc5)c5ccccc45)cc3)c21. The van der Waals surface area contributed by atoms with Gasteiger partial charge in [0.25, 0.3) is 0 Å². The maximum absolute atomic E-state index is 2.41. The number of hydrogen-bond acceptors (Lipinski definition) is 0. The summed E-state index contributed by atoms with van der Waals surface area (Å²) < 4.78 is 0. The fourth-order valence-corrected chi connectivity index (χ4v) is 9.57. The molecule has 0 aromatic heterocycles. The molecule has 0 unspecified atom stereocenters. The highest BCUT2D eigenvalue weighted by molar-refractivity contribution is 6.21. The third kappa shape index (κ3) is 4.92. The molecule has 10 aromatic rings. The van der Waals surface area contributed by atoms with Crippen LogP contribution in [-0.4, -0.2) is 0 Å². The minimum absolute atomic E-state index is 0.111. The van der Waals surface area contributed by atoms with E-state index in [2.05, 4.69) is 208 Å². The fraction of sp³-hybridized carbons (Fsp3) is 0.0545. The predicted molar refractivity (Wildman–Crippen MR) is 236 cm³/mol. The molecule has 0 heterocycles. The van der Waals surface area contributed by atoms with Gasteiger partial charge in [-0.3, -0.25) is 0 Å². The van der Waals surface area contributed by atoms with Crippen LogP contribution in [0.3, 0.4) is 0 Å². The van der Waals surface area contributed by atoms with E-state index in [9.17, 15) is 0 Å². The summed E-state index contributed by atoms with van der Waals surface area (Å²) in [4.78, 5) is 0. The first-order valence-corrected chi connectivity index (χ1v) is 19.3. The van der Waals surface area contributed by atoms with Gasteiger partial charge in [-0.2, -0.15) is 0 Å². The molecular formula is C55H38. The van der Waals surface area contributed by atoms with Crippen molar-refractivity contribution in [2.24, 2.45) is 0 Å². The van der Waals surface area contributed by atoms with E-state index in [0.29, 0.717) is 0 Å². The van der Waals surface area contributed by atoms with Crippen molar-refractivity contribution >= 4 is 43.1 Å². The average Bonchev–Trinajstić information content (AvgIpc) is 3.47. The summed E-state index contributed by atoms with van der Waals surface area (Å²) in [6.07, 6.45) is 0. The first-order valence-electron chi connectivity index (χ1n) is 19.3. The Morgan fingerprint density at radius 1 is 0.291 bits per heavy atom. The van der Waals surface area contributed by atoms with Crippen molar-refractivity contribution in [3.8, 4) is 55.6 Å². The van der Waals surface area contributed by atoms with Crippen molar-refractivity contribution in [2.75, 3.05) is 0 Å². The largest absolute Gasteiger partial charge is 0.0616 e. The van der Waals surface area contributed by atoms with E-state index in [1.165, 1.54) is 110 Å². The van der Waals surface area contributed by atoms with Gasteiger partial charge in [0, 0.05) is 5.41 Å². The van der Waals surface area contributed by atoms with E-state index in [4.69, 9.17) is 0 Å². The van der Waals surface area contributed by atoms with E-state index in [0.717, 1.165) is 0 Å². The quantitative estimate of drug-likeness (QED) is 0.161. The van der Waals surface area contributed by atoms with Gasteiger partial charge in [0.2, 0.25) is 0 Å². The molecule has 55 heavy (non-hydrogen) atoms. The van der Waals surface area contributed by atoms with Crippen molar-refractivity contribution < 1.29 is 0 Å². The molecule has 0 spiro atoms. The Morgan fingerprint density at radius 3 is 1.31 bits per heavy atom. The van der Waals surface area contributed by atoms with E-state index >= 15 is 0 Å². The van der Waals surface area contributed by atoms with Crippen molar-refractivity contribution in [1.29, 1.82) is 0 Å². The molecule has 0 N–H and O–H groups in total. The van der Waals surface area contributed by atoms with Crippen LogP contribution in [-0.2, 0) is 5.41 Å². The highest BCUT2D eigenvalue weighted by Gasteiger charge is 2.37. The monoisotopic (exact) mass is 698 g/mol. The molecular weight excluding hydrogens is 661 g/mol. The number of fused-ring (bicyclic) bond motifs is 7. The molecule has 0 nitrogen and oxygen atoms in total. The van der Waals surface area contributed by atoms with Crippen molar-refractivity contribution in [3.05, 3.63) is 205 Å². The zero-order valence-corrected chi connectivity index (χ0v) is 31.0. The molecule has 0 bridgehead atoms. The maximum atomic E-state index is 2.41. The smallest absolute Gasteiger partial charge is 0.0165 e. The summed E-state index contributed by atoms with van der Waals surface area (Å²) in [6.45, 7) is 4.78. The summed E-state index contributed by atoms with van der Waals surface area (Å²) >= 11 is 0. The number of hydrogen-bond donors (Lipinski definition) is 0. The average molecular weight is 699 g/mol. The fourth-order valence-electron chi connectivity index (χ4n) is 9.57. The van der Waals surface area contributed by atoms with Gasteiger partial charge in [0.15, 0.2) is 0 Å². The zero-order valence-electron chi connectivity index (χ0n) is 31.0. The molecule has 0 radical (unpaired) electrons. The minimum Gasteiger partial charge on any atom is -0.0616 e. The Hall–Kier alpha value is -6.76. The Bertz CT molecular complexity index is 3080. The third-order valence-corrected chi connectivity index (χ3v) is 12.2. The van der Waals surface area contributed by atoms with Crippen LogP contribution in [0.4, 0.5) is 0 Å². The van der Waals surface area contributed by atoms with Gasteiger partial charge in [-0.25, -0.2) is 0 Å². The molecule has 0 amide bonds. The first kappa shape index (κ1) is 31.7. The molecule has 0 atom stereocenters. The molecule has 0 aliphatic heterocycles. The summed E-state index contributed by atoms with van der Waals surface area (Å²) in [5.41, 5.74) is 15.5. The van der Waals surface area contributed by atoms with Crippen LogP contribution in [0.1, 0.15) is 25.0 Å². The summed E-state index contributed by atoms with van der Waals surface area (Å²) in [7, 11) is 0. The van der Waals surface area contributed by atoms with Gasteiger partial charge in [-0.1, -0.05) is 190 Å². The molecule has 0 fully saturated rings. The van der Waals surface area contributed by atoms with Crippen LogP contribution in [0.25, 0.3) is 98.7 Å². The Morgan fingerprint density at radius 2 is 0.727 bits per heavy atom. The Labute approximate surface area is 322 Å². The summed E-state index contributed by atoms with van der Waals surface area (Å²) in [6, 6.07) is 72.1. The van der Waals surface area contributed by atoms with Gasteiger partial charge < -0.3 is 0 Å². The second kappa shape index (κ2) is 12.1. The molecule has 11 rings (SSSR count). The van der Waals surface area contributed by atoms with Crippen LogP contribution in [0.5, 0.6) is 0 Å². The van der Waals surface area contributed by atoms with Crippen LogP contribution < -0.4 is 0 Å². The van der Waals surface area contributed by atoms with Crippen LogP contribution >= 0.6 is 0 Å². The molecule has 258 valence electrons. The second-order valence-corrected chi connectivity index (χ2v) is 15.7. The normalized spacial score (nSPS) is 13.1. The lowest BCUT2D eigenvalue weighted by Gasteiger charge is -2.25. The van der Waals surface area contributed by atoms with Gasteiger partial charge >= 0.3 is 0 Å². The maximum Gasteiger partial charge on any atom is 0.0165 e. The zero-order chi connectivity index (χ0) is 36.7. The molecule has 1 aliphatic rings. The van der Waals surface area contributed by atoms with Crippen molar-refractivity contribution in [1.82, 2.24) is 0 Å². The lowest BCUT2D eigenvalue weighted by Crippen LogP contribution is -2.16. The predicted octanol–water partition coefficient (Wildman–Crippen LogP) is 15.3. The molecule has 1 aliphatic carbocycles. The third-order valence-electron chi connectivity index (χ3n) is 12.2. The highest BCUT2D eigenvalue weighted by Crippen LogP contribution is 2.53. The van der Waals surface area contributed by atoms with Gasteiger partial charge in [0.05, 0.1) is 0 Å². The molecule has 0 saturated carbocycles. The Balaban J connectivity index is 1.02. The first-order chi connectivity index (χ1) is 27.0. The highest BCUT2D eigenvalue weighted by atomic mass is 14.4. The van der Waals surface area contributed by atoms with Crippen LogP contribution in [0.2, 0.25) is 0 Å². The lowest BCUT2D eigenvalue weighted by molar-refractivity contribution is 0.663. The van der Waals surface area contributed by atoms with E-state index in [1.807, 2.05) is 0 Å². The minimum atomic E-state index is -0.111. The lowest BCUT2D eigenvalue weighted by atomic mass is 9.78. The number of benzene rings is 10. The van der Waals surface area contributed by atoms with E-state index in [1.54, 1.807) is 0 Å².